The van der Waals surface area contributed by atoms with Gasteiger partial charge in [-0.05, 0) is 86.5 Å². The van der Waals surface area contributed by atoms with E-state index >= 15 is 0 Å². The zero-order chi connectivity index (χ0) is 40.7. The summed E-state index contributed by atoms with van der Waals surface area (Å²) in [5, 5.41) is 114. The summed E-state index contributed by atoms with van der Waals surface area (Å²) in [6, 6.07) is 0. The molecule has 11 N–H and O–H groups in total. The van der Waals surface area contributed by atoms with Gasteiger partial charge in [-0.2, -0.15) is 0 Å². The molecule has 320 valence electrons. The molecule has 0 radical (unpaired) electrons. The fourth-order valence-electron chi connectivity index (χ4n) is 12.0. The molecule has 0 aromatic rings. The number of ether oxygens (including phenoxy) is 6. The Balaban J connectivity index is 1.10. The van der Waals surface area contributed by atoms with Crippen molar-refractivity contribution in [2.45, 2.75) is 169 Å². The van der Waals surface area contributed by atoms with Crippen LogP contribution in [-0.4, -0.2) is 180 Å². The number of esters is 1. The molecule has 0 aromatic carbocycles. The van der Waals surface area contributed by atoms with Gasteiger partial charge in [-0.1, -0.05) is 19.9 Å². The molecule has 3 heterocycles. The van der Waals surface area contributed by atoms with Crippen molar-refractivity contribution in [3.8, 4) is 0 Å². The van der Waals surface area contributed by atoms with Crippen LogP contribution in [0.1, 0.15) is 71.6 Å². The number of rotatable bonds is 9. The molecule has 56 heavy (non-hydrogen) atoms. The lowest BCUT2D eigenvalue weighted by atomic mass is 9.41. The first kappa shape index (κ1) is 42.7. The van der Waals surface area contributed by atoms with Crippen LogP contribution in [0.4, 0.5) is 0 Å². The van der Waals surface area contributed by atoms with Crippen molar-refractivity contribution in [2.24, 2.45) is 28.1 Å². The van der Waals surface area contributed by atoms with Crippen molar-refractivity contribution in [3.63, 3.8) is 0 Å². The maximum absolute atomic E-state index is 14.1. The topological polar surface area (TPSA) is 295 Å². The quantitative estimate of drug-likeness (QED) is 0.0631. The van der Waals surface area contributed by atoms with Crippen molar-refractivity contribution in [3.05, 3.63) is 12.2 Å². The lowest BCUT2D eigenvalue weighted by Crippen LogP contribution is -2.65. The van der Waals surface area contributed by atoms with Gasteiger partial charge in [0, 0.05) is 0 Å². The normalized spacial score (nSPS) is 54.6. The SMILES string of the molecule is C=C1C[C@@]23CC[C@H]4C(C)(CCC[C@@]4(C)C(=O)O[C@@H]4O[C@H](CO)[C@@H](O)[C@H](O)[C@H]4O)[C@@H]2CC[C@]1(O[C@@H]1O[C@H](CO)[C@@H](O)[C@H](O)[C@H]1O[C@@H]1O[C@H](CO)[C@@H](O)[C@H](O)[C@H]1O)C3. The number of aliphatic hydroxyl groups excluding tert-OH is 11. The van der Waals surface area contributed by atoms with Crippen molar-refractivity contribution >= 4 is 5.97 Å². The maximum atomic E-state index is 14.1. The van der Waals surface area contributed by atoms with Crippen molar-refractivity contribution in [1.29, 1.82) is 0 Å². The zero-order valence-corrected chi connectivity index (χ0v) is 31.8. The van der Waals surface area contributed by atoms with Crippen LogP contribution in [-0.2, 0) is 33.2 Å². The van der Waals surface area contributed by atoms with Crippen molar-refractivity contribution < 1.29 is 89.4 Å². The van der Waals surface area contributed by atoms with E-state index in [4.69, 9.17) is 28.4 Å². The number of hydrogen-bond acceptors (Lipinski definition) is 18. The fraction of sp³-hybridized carbons (Fsp3) is 0.921. The second-order valence-electron chi connectivity index (χ2n) is 18.0. The molecular formula is C38H60O18. The number of carbonyl (C=O) groups excluding carboxylic acids is 1. The molecule has 2 bridgehead atoms. The van der Waals surface area contributed by atoms with E-state index in [2.05, 4.69) is 13.5 Å². The van der Waals surface area contributed by atoms with Crippen LogP contribution in [0, 0.1) is 28.1 Å². The molecule has 3 aliphatic heterocycles. The van der Waals surface area contributed by atoms with Crippen molar-refractivity contribution in [1.82, 2.24) is 0 Å². The highest BCUT2D eigenvalue weighted by atomic mass is 16.8. The van der Waals surface area contributed by atoms with Gasteiger partial charge in [0.2, 0.25) is 6.29 Å². The Morgan fingerprint density at radius 1 is 0.679 bits per heavy atom. The van der Waals surface area contributed by atoms with Gasteiger partial charge in [0.25, 0.3) is 0 Å². The minimum absolute atomic E-state index is 0.121. The highest BCUT2D eigenvalue weighted by Gasteiger charge is 2.69. The minimum atomic E-state index is -1.81. The van der Waals surface area contributed by atoms with Crippen molar-refractivity contribution in [2.75, 3.05) is 19.8 Å². The van der Waals surface area contributed by atoms with Gasteiger partial charge in [-0.15, -0.1) is 0 Å². The average Bonchev–Trinajstić information content (AvgIpc) is 3.37. The Labute approximate surface area is 324 Å². The van der Waals surface area contributed by atoms with Gasteiger partial charge in [0.1, 0.15) is 73.2 Å². The van der Waals surface area contributed by atoms with Gasteiger partial charge in [-0.3, -0.25) is 4.79 Å². The maximum Gasteiger partial charge on any atom is 0.314 e. The molecule has 0 amide bonds. The molecule has 1 spiro atoms. The third kappa shape index (κ3) is 6.69. The van der Waals surface area contributed by atoms with Crippen LogP contribution < -0.4 is 0 Å². The second-order valence-corrected chi connectivity index (χ2v) is 18.0. The van der Waals surface area contributed by atoms with E-state index < -0.39 is 129 Å². The van der Waals surface area contributed by atoms with Gasteiger partial charge < -0.3 is 84.6 Å². The average molecular weight is 805 g/mol. The van der Waals surface area contributed by atoms with E-state index in [9.17, 15) is 61.0 Å². The zero-order valence-electron chi connectivity index (χ0n) is 31.8. The predicted octanol–water partition coefficient (Wildman–Crippen LogP) is -2.94. The molecule has 21 atom stereocenters. The van der Waals surface area contributed by atoms with E-state index in [0.29, 0.717) is 44.9 Å². The lowest BCUT2D eigenvalue weighted by Gasteiger charge is -2.64. The van der Waals surface area contributed by atoms with Crippen LogP contribution >= 0.6 is 0 Å². The number of fused-ring (bicyclic) bond motifs is 3. The largest absolute Gasteiger partial charge is 0.432 e. The molecule has 7 aliphatic rings. The minimum Gasteiger partial charge on any atom is -0.432 e. The van der Waals surface area contributed by atoms with Crippen LogP contribution in [0.15, 0.2) is 12.2 Å². The van der Waals surface area contributed by atoms with Gasteiger partial charge in [-0.25, -0.2) is 0 Å². The standard InChI is InChI=1S/C38H60O18/c1-16-11-37-9-5-20-35(2,7-4-8-36(20,3)34(50)55-32-29(49)26(46)23(43)18(13-40)52-32)21(37)6-10-38(16,15-37)56-33-30(27(47)24(44)19(14-41)53-33)54-31-28(48)25(45)22(42)17(12-39)51-31/h17-33,39-49H,1,4-15H2,2-3H3/t17-,18-,19-,20+,21+,22-,23-,24-,25+,26+,27+,28-,29-,30-,31+,32+,33+,35?,36-,37-,38+/m1/s1. The number of hydrogen-bond donors (Lipinski definition) is 11. The molecule has 1 unspecified atom stereocenters. The van der Waals surface area contributed by atoms with Crippen LogP contribution in [0.25, 0.3) is 0 Å². The third-order valence-electron chi connectivity index (χ3n) is 15.0. The molecule has 3 saturated heterocycles. The van der Waals surface area contributed by atoms with Crippen LogP contribution in [0.3, 0.4) is 0 Å². The van der Waals surface area contributed by atoms with E-state index in [1.54, 1.807) is 0 Å². The summed E-state index contributed by atoms with van der Waals surface area (Å²) in [5.74, 6) is -0.591. The highest BCUT2D eigenvalue weighted by molar-refractivity contribution is 5.77. The Kier molecular flexibility index (Phi) is 11.9. The first-order valence-corrected chi connectivity index (χ1v) is 19.9. The number of carbonyl (C=O) groups is 1. The summed E-state index contributed by atoms with van der Waals surface area (Å²) in [4.78, 5) is 14.1. The number of aliphatic hydroxyl groups is 11. The fourth-order valence-corrected chi connectivity index (χ4v) is 12.0. The first-order chi connectivity index (χ1) is 26.4. The van der Waals surface area contributed by atoms with E-state index in [-0.39, 0.29) is 22.7 Å². The molecule has 7 rings (SSSR count). The van der Waals surface area contributed by atoms with Crippen LogP contribution in [0.5, 0.6) is 0 Å². The molecule has 0 aromatic heterocycles. The second kappa shape index (κ2) is 15.6. The monoisotopic (exact) mass is 804 g/mol. The van der Waals surface area contributed by atoms with Gasteiger partial charge in [0.05, 0.1) is 30.8 Å². The molecule has 18 heteroatoms. The molecule has 4 saturated carbocycles. The first-order valence-electron chi connectivity index (χ1n) is 19.9. The Bertz CT molecular complexity index is 1450. The molecule has 18 nitrogen and oxygen atoms in total. The summed E-state index contributed by atoms with van der Waals surface area (Å²) < 4.78 is 35.6. The predicted molar refractivity (Wildman–Crippen MR) is 186 cm³/mol. The smallest absolute Gasteiger partial charge is 0.314 e. The lowest BCUT2D eigenvalue weighted by molar-refractivity contribution is -0.378. The van der Waals surface area contributed by atoms with E-state index in [1.807, 2.05) is 6.92 Å². The summed E-state index contributed by atoms with van der Waals surface area (Å²) in [6.07, 6.45) is -17.8. The third-order valence-corrected chi connectivity index (χ3v) is 15.0. The summed E-state index contributed by atoms with van der Waals surface area (Å²) in [7, 11) is 0. The summed E-state index contributed by atoms with van der Waals surface area (Å²) >= 11 is 0. The molecular weight excluding hydrogens is 744 g/mol. The summed E-state index contributed by atoms with van der Waals surface area (Å²) in [6.45, 7) is 6.52. The Morgan fingerprint density at radius 3 is 1.82 bits per heavy atom. The summed E-state index contributed by atoms with van der Waals surface area (Å²) in [5.41, 5.74) is -1.80. The Hall–Kier alpha value is -1.43. The highest BCUT2D eigenvalue weighted by Crippen LogP contribution is 2.73. The van der Waals surface area contributed by atoms with Crippen LogP contribution in [0.2, 0.25) is 0 Å². The molecule has 7 fully saturated rings. The molecule has 4 aliphatic carbocycles. The van der Waals surface area contributed by atoms with Gasteiger partial charge >= 0.3 is 5.97 Å². The van der Waals surface area contributed by atoms with Gasteiger partial charge in [0.15, 0.2) is 12.6 Å². The Morgan fingerprint density at radius 2 is 1.21 bits per heavy atom. The van der Waals surface area contributed by atoms with E-state index in [0.717, 1.165) is 18.4 Å². The van der Waals surface area contributed by atoms with E-state index in [1.165, 1.54) is 0 Å².